The summed E-state index contributed by atoms with van der Waals surface area (Å²) in [5.74, 6) is -0.337. The van der Waals surface area contributed by atoms with Crippen molar-refractivity contribution in [2.45, 2.75) is 6.36 Å². The van der Waals surface area contributed by atoms with Crippen LogP contribution in [0.1, 0.15) is 0 Å². The number of rotatable bonds is 1. The van der Waals surface area contributed by atoms with E-state index in [1.165, 1.54) is 6.07 Å². The zero-order valence-electron chi connectivity index (χ0n) is 5.22. The van der Waals surface area contributed by atoms with E-state index >= 15 is 0 Å². The van der Waals surface area contributed by atoms with E-state index in [0.717, 1.165) is 12.3 Å². The average Bonchev–Trinajstić information content (AvgIpc) is 1.85. The molecule has 1 radical (unpaired) electrons. The van der Waals surface area contributed by atoms with Crippen molar-refractivity contribution >= 4 is 0 Å². The first-order chi connectivity index (χ1) is 5.08. The standard InChI is InChI=1S/C6H3F3NO/c7-6(8,9)11-5-2-1-3-10-4-5/h1-2,4H. The van der Waals surface area contributed by atoms with Crippen LogP contribution >= 0.6 is 0 Å². The van der Waals surface area contributed by atoms with Gasteiger partial charge in [0, 0.05) is 0 Å². The second-order valence-electron chi connectivity index (χ2n) is 1.67. The van der Waals surface area contributed by atoms with Gasteiger partial charge in [0.2, 0.25) is 0 Å². The third kappa shape index (κ3) is 2.88. The van der Waals surface area contributed by atoms with E-state index in [1.807, 2.05) is 0 Å². The molecule has 0 aliphatic heterocycles. The van der Waals surface area contributed by atoms with Gasteiger partial charge in [0.25, 0.3) is 0 Å². The minimum absolute atomic E-state index is 0.337. The Morgan fingerprint density at radius 2 is 2.18 bits per heavy atom. The molecule has 0 aliphatic carbocycles. The van der Waals surface area contributed by atoms with Gasteiger partial charge in [-0.3, -0.25) is 4.98 Å². The van der Waals surface area contributed by atoms with Gasteiger partial charge in [0.1, 0.15) is 5.75 Å². The van der Waals surface area contributed by atoms with E-state index in [2.05, 4.69) is 15.9 Å². The van der Waals surface area contributed by atoms with Gasteiger partial charge >= 0.3 is 6.36 Å². The van der Waals surface area contributed by atoms with Crippen molar-refractivity contribution in [3.8, 4) is 5.75 Å². The van der Waals surface area contributed by atoms with Crippen molar-refractivity contribution in [3.63, 3.8) is 0 Å². The van der Waals surface area contributed by atoms with Crippen LogP contribution in [0.4, 0.5) is 13.2 Å². The number of ether oxygens (including phenoxy) is 1. The minimum atomic E-state index is -4.65. The predicted octanol–water partition coefficient (Wildman–Crippen LogP) is 1.78. The monoisotopic (exact) mass is 162 g/mol. The van der Waals surface area contributed by atoms with Crippen molar-refractivity contribution in [1.82, 2.24) is 4.98 Å². The van der Waals surface area contributed by atoms with E-state index in [0.29, 0.717) is 0 Å². The Morgan fingerprint density at radius 3 is 2.64 bits per heavy atom. The molecule has 0 unspecified atom stereocenters. The molecule has 0 aliphatic rings. The van der Waals surface area contributed by atoms with Crippen LogP contribution in [0, 0.1) is 6.20 Å². The Balaban J connectivity index is 2.66. The highest BCUT2D eigenvalue weighted by Crippen LogP contribution is 2.20. The van der Waals surface area contributed by atoms with Crippen LogP contribution in [0.2, 0.25) is 0 Å². The zero-order chi connectivity index (χ0) is 8.32. The third-order valence-electron chi connectivity index (χ3n) is 0.822. The molecule has 1 aromatic rings. The SMILES string of the molecule is FC(F)(F)Oc1cc[c]nc1. The van der Waals surface area contributed by atoms with E-state index in [1.54, 1.807) is 0 Å². The molecule has 0 atom stereocenters. The van der Waals surface area contributed by atoms with Crippen molar-refractivity contribution in [3.05, 3.63) is 24.5 Å². The summed E-state index contributed by atoms with van der Waals surface area (Å²) < 4.78 is 38.0. The summed E-state index contributed by atoms with van der Waals surface area (Å²) in [7, 11) is 0. The summed E-state index contributed by atoms with van der Waals surface area (Å²) >= 11 is 0. The fraction of sp³-hybridized carbons (Fsp3) is 0.167. The molecule has 2 nitrogen and oxygen atoms in total. The quantitative estimate of drug-likeness (QED) is 0.627. The Morgan fingerprint density at radius 1 is 1.45 bits per heavy atom. The number of pyridine rings is 1. The maximum Gasteiger partial charge on any atom is 0.573 e. The molecule has 11 heavy (non-hydrogen) atoms. The normalized spacial score (nSPS) is 11.2. The second-order valence-corrected chi connectivity index (χ2v) is 1.67. The number of hydrogen-bond donors (Lipinski definition) is 0. The number of alkyl halides is 3. The van der Waals surface area contributed by atoms with Crippen LogP contribution in [-0.4, -0.2) is 11.3 Å². The molecule has 0 N–H and O–H groups in total. The van der Waals surface area contributed by atoms with Gasteiger partial charge in [-0.1, -0.05) is 0 Å². The summed E-state index contributed by atoms with van der Waals surface area (Å²) in [6.45, 7) is 0. The lowest BCUT2D eigenvalue weighted by Crippen LogP contribution is -2.17. The van der Waals surface area contributed by atoms with Gasteiger partial charge in [-0.05, 0) is 12.1 Å². The van der Waals surface area contributed by atoms with Crippen molar-refractivity contribution in [2.24, 2.45) is 0 Å². The molecule has 0 spiro atoms. The zero-order valence-corrected chi connectivity index (χ0v) is 5.22. The fourth-order valence-electron chi connectivity index (χ4n) is 0.500. The number of halogens is 3. The molecule has 0 saturated carbocycles. The maximum absolute atomic E-state index is 11.5. The predicted molar refractivity (Wildman–Crippen MR) is 29.8 cm³/mol. The Kier molecular flexibility index (Phi) is 1.98. The molecule has 5 heteroatoms. The summed E-state index contributed by atoms with van der Waals surface area (Å²) in [5, 5.41) is 0. The van der Waals surface area contributed by atoms with Crippen molar-refractivity contribution in [2.75, 3.05) is 0 Å². The molecule has 1 heterocycles. The van der Waals surface area contributed by atoms with Crippen molar-refractivity contribution in [1.29, 1.82) is 0 Å². The fourth-order valence-corrected chi connectivity index (χ4v) is 0.500. The molecule has 1 aromatic heterocycles. The molecule has 0 bridgehead atoms. The number of hydrogen-bond acceptors (Lipinski definition) is 2. The summed E-state index contributed by atoms with van der Waals surface area (Å²) in [6.07, 6.45) is -1.39. The Hall–Kier alpha value is -1.26. The van der Waals surface area contributed by atoms with Gasteiger partial charge in [-0.25, -0.2) is 0 Å². The summed E-state index contributed by atoms with van der Waals surface area (Å²) in [5.41, 5.74) is 0. The van der Waals surface area contributed by atoms with Gasteiger partial charge in [-0.2, -0.15) is 0 Å². The van der Waals surface area contributed by atoms with Crippen LogP contribution < -0.4 is 4.74 Å². The highest BCUT2D eigenvalue weighted by Gasteiger charge is 2.30. The lowest BCUT2D eigenvalue weighted by atomic mass is 10.5. The average molecular weight is 162 g/mol. The van der Waals surface area contributed by atoms with E-state index in [-0.39, 0.29) is 5.75 Å². The number of aromatic nitrogens is 1. The largest absolute Gasteiger partial charge is 0.573 e. The van der Waals surface area contributed by atoms with Crippen LogP contribution in [0.5, 0.6) is 5.75 Å². The minimum Gasteiger partial charge on any atom is -0.404 e. The lowest BCUT2D eigenvalue weighted by Gasteiger charge is -2.06. The van der Waals surface area contributed by atoms with Gasteiger partial charge < -0.3 is 4.74 Å². The first-order valence-corrected chi connectivity index (χ1v) is 2.66. The lowest BCUT2D eigenvalue weighted by molar-refractivity contribution is -0.274. The van der Waals surface area contributed by atoms with E-state index < -0.39 is 6.36 Å². The molecule has 0 aromatic carbocycles. The van der Waals surface area contributed by atoms with Crippen LogP contribution in [-0.2, 0) is 0 Å². The molecule has 0 saturated heterocycles. The smallest absolute Gasteiger partial charge is 0.404 e. The number of nitrogens with zero attached hydrogens (tertiary/aromatic N) is 1. The summed E-state index contributed by atoms with van der Waals surface area (Å²) in [4.78, 5) is 3.32. The molecule has 1 rings (SSSR count). The van der Waals surface area contributed by atoms with Crippen LogP contribution in [0.15, 0.2) is 18.3 Å². The molecule has 0 amide bonds. The van der Waals surface area contributed by atoms with Gasteiger partial charge in [0.05, 0.1) is 12.4 Å². The first kappa shape index (κ1) is 7.84. The summed E-state index contributed by atoms with van der Waals surface area (Å²) in [6, 6.07) is 2.36. The second kappa shape index (κ2) is 2.77. The topological polar surface area (TPSA) is 22.1 Å². The molecular formula is C6H3F3NO. The molecular weight excluding hydrogens is 159 g/mol. The van der Waals surface area contributed by atoms with E-state index in [9.17, 15) is 13.2 Å². The Bertz CT molecular complexity index is 221. The molecule has 59 valence electrons. The Labute approximate surface area is 60.6 Å². The highest BCUT2D eigenvalue weighted by atomic mass is 19.4. The highest BCUT2D eigenvalue weighted by molar-refractivity contribution is 5.14. The van der Waals surface area contributed by atoms with Crippen LogP contribution in [0.25, 0.3) is 0 Å². The first-order valence-electron chi connectivity index (χ1n) is 2.66. The van der Waals surface area contributed by atoms with Crippen molar-refractivity contribution < 1.29 is 17.9 Å². The molecule has 0 fully saturated rings. The van der Waals surface area contributed by atoms with Crippen LogP contribution in [0.3, 0.4) is 0 Å². The third-order valence-corrected chi connectivity index (χ3v) is 0.822. The maximum atomic E-state index is 11.5. The van der Waals surface area contributed by atoms with E-state index in [4.69, 9.17) is 0 Å². The van der Waals surface area contributed by atoms with Gasteiger partial charge in [-0.15, -0.1) is 13.2 Å². The van der Waals surface area contributed by atoms with Gasteiger partial charge in [0.15, 0.2) is 0 Å².